The summed E-state index contributed by atoms with van der Waals surface area (Å²) < 4.78 is 16.9. The summed E-state index contributed by atoms with van der Waals surface area (Å²) in [5.74, 6) is 1.19. The van der Waals surface area contributed by atoms with Gasteiger partial charge in [0.2, 0.25) is 5.88 Å². The first kappa shape index (κ1) is 22.3. The standard InChI is InChI=1S/C25H26N4O4/c1-5-31-20-9-7-6-8-19(20)13-26-21(30)14-32-24-22-23(18-11-10-15(2)16(3)12-18)29-33-25(22)28-17(4)27-24/h6-12H,5,13-14H2,1-4H3,(H,26,30). The van der Waals surface area contributed by atoms with Crippen molar-refractivity contribution >= 4 is 17.0 Å². The predicted octanol–water partition coefficient (Wildman–Crippen LogP) is 4.30. The third-order valence-corrected chi connectivity index (χ3v) is 5.28. The molecule has 0 aliphatic rings. The minimum atomic E-state index is -0.282. The van der Waals surface area contributed by atoms with E-state index in [1.807, 2.05) is 63.2 Å². The third kappa shape index (κ3) is 4.95. The van der Waals surface area contributed by atoms with Crippen LogP contribution in [0.4, 0.5) is 0 Å². The van der Waals surface area contributed by atoms with Gasteiger partial charge in [-0.2, -0.15) is 9.97 Å². The molecular formula is C25H26N4O4. The van der Waals surface area contributed by atoms with E-state index < -0.39 is 0 Å². The summed E-state index contributed by atoms with van der Waals surface area (Å²) in [6.45, 7) is 8.41. The molecule has 2 aromatic heterocycles. The van der Waals surface area contributed by atoms with Gasteiger partial charge < -0.3 is 19.3 Å². The molecule has 0 bridgehead atoms. The average molecular weight is 447 g/mol. The average Bonchev–Trinajstić information content (AvgIpc) is 3.22. The van der Waals surface area contributed by atoms with Gasteiger partial charge in [0.25, 0.3) is 11.6 Å². The predicted molar refractivity (Wildman–Crippen MR) is 124 cm³/mol. The van der Waals surface area contributed by atoms with Gasteiger partial charge in [-0.05, 0) is 51.0 Å². The van der Waals surface area contributed by atoms with Crippen LogP contribution in [0, 0.1) is 20.8 Å². The molecule has 0 atom stereocenters. The Morgan fingerprint density at radius 2 is 1.85 bits per heavy atom. The van der Waals surface area contributed by atoms with Gasteiger partial charge in [0.1, 0.15) is 22.7 Å². The molecule has 0 unspecified atom stereocenters. The molecule has 0 saturated heterocycles. The van der Waals surface area contributed by atoms with E-state index >= 15 is 0 Å². The Morgan fingerprint density at radius 3 is 2.64 bits per heavy atom. The Morgan fingerprint density at radius 1 is 1.03 bits per heavy atom. The number of nitrogens with zero attached hydrogens (tertiary/aromatic N) is 3. The van der Waals surface area contributed by atoms with Crippen LogP contribution >= 0.6 is 0 Å². The van der Waals surface area contributed by atoms with Crippen LogP contribution in [0.1, 0.15) is 29.4 Å². The monoisotopic (exact) mass is 446 g/mol. The SMILES string of the molecule is CCOc1ccccc1CNC(=O)COc1nc(C)nc2onc(-c3ccc(C)c(C)c3)c12. The molecule has 170 valence electrons. The van der Waals surface area contributed by atoms with Crippen LogP contribution in [0.2, 0.25) is 0 Å². The minimum absolute atomic E-state index is 0.208. The fourth-order valence-electron chi connectivity index (χ4n) is 3.44. The molecular weight excluding hydrogens is 420 g/mol. The molecule has 0 aliphatic carbocycles. The number of rotatable bonds is 8. The van der Waals surface area contributed by atoms with Crippen LogP contribution in [0.3, 0.4) is 0 Å². The Bertz CT molecular complexity index is 1300. The maximum absolute atomic E-state index is 12.5. The summed E-state index contributed by atoms with van der Waals surface area (Å²) in [6.07, 6.45) is 0. The van der Waals surface area contributed by atoms with Crippen molar-refractivity contribution in [1.82, 2.24) is 20.4 Å². The number of hydrogen-bond acceptors (Lipinski definition) is 7. The van der Waals surface area contributed by atoms with Crippen LogP contribution in [0.25, 0.3) is 22.4 Å². The van der Waals surface area contributed by atoms with Crippen molar-refractivity contribution in [2.75, 3.05) is 13.2 Å². The highest BCUT2D eigenvalue weighted by atomic mass is 16.5. The van der Waals surface area contributed by atoms with Crippen LogP contribution < -0.4 is 14.8 Å². The highest BCUT2D eigenvalue weighted by molar-refractivity contribution is 5.93. The lowest BCUT2D eigenvalue weighted by Gasteiger charge is -2.11. The number of carbonyl (C=O) groups excluding carboxylic acids is 1. The molecule has 2 aromatic carbocycles. The third-order valence-electron chi connectivity index (χ3n) is 5.28. The summed E-state index contributed by atoms with van der Waals surface area (Å²) in [7, 11) is 0. The molecule has 0 fully saturated rings. The maximum Gasteiger partial charge on any atom is 0.265 e. The zero-order valence-electron chi connectivity index (χ0n) is 19.1. The number of carbonyl (C=O) groups is 1. The van der Waals surface area contributed by atoms with E-state index in [-0.39, 0.29) is 18.4 Å². The first-order valence-corrected chi connectivity index (χ1v) is 10.8. The summed E-state index contributed by atoms with van der Waals surface area (Å²) in [4.78, 5) is 21.2. The van der Waals surface area contributed by atoms with Gasteiger partial charge in [-0.15, -0.1) is 0 Å². The largest absolute Gasteiger partial charge is 0.494 e. The first-order chi connectivity index (χ1) is 16.0. The topological polar surface area (TPSA) is 99.4 Å². The summed E-state index contributed by atoms with van der Waals surface area (Å²) in [6, 6.07) is 13.6. The fourth-order valence-corrected chi connectivity index (χ4v) is 3.44. The van der Waals surface area contributed by atoms with E-state index in [0.717, 1.165) is 22.4 Å². The zero-order chi connectivity index (χ0) is 23.4. The van der Waals surface area contributed by atoms with Gasteiger partial charge in [0, 0.05) is 17.7 Å². The lowest BCUT2D eigenvalue weighted by atomic mass is 10.0. The number of hydrogen-bond donors (Lipinski definition) is 1. The lowest BCUT2D eigenvalue weighted by Crippen LogP contribution is -2.28. The molecule has 8 heteroatoms. The van der Waals surface area contributed by atoms with Crippen molar-refractivity contribution in [2.45, 2.75) is 34.2 Å². The molecule has 0 radical (unpaired) electrons. The second-order valence-corrected chi connectivity index (χ2v) is 7.69. The number of nitrogens with one attached hydrogen (secondary N) is 1. The van der Waals surface area contributed by atoms with E-state index in [1.54, 1.807) is 6.92 Å². The number of ether oxygens (including phenoxy) is 2. The normalized spacial score (nSPS) is 10.9. The summed E-state index contributed by atoms with van der Waals surface area (Å²) in [5, 5.41) is 7.59. The molecule has 4 rings (SSSR count). The highest BCUT2D eigenvalue weighted by Crippen LogP contribution is 2.33. The molecule has 1 N–H and O–H groups in total. The van der Waals surface area contributed by atoms with Crippen LogP contribution in [0.15, 0.2) is 47.0 Å². The molecule has 4 aromatic rings. The van der Waals surface area contributed by atoms with Crippen molar-refractivity contribution in [3.63, 3.8) is 0 Å². The van der Waals surface area contributed by atoms with E-state index in [4.69, 9.17) is 14.0 Å². The molecule has 8 nitrogen and oxygen atoms in total. The molecule has 1 amide bonds. The molecule has 0 saturated carbocycles. The van der Waals surface area contributed by atoms with Crippen LogP contribution in [0.5, 0.6) is 11.6 Å². The van der Waals surface area contributed by atoms with Crippen molar-refractivity contribution in [2.24, 2.45) is 0 Å². The lowest BCUT2D eigenvalue weighted by molar-refractivity contribution is -0.123. The smallest absolute Gasteiger partial charge is 0.265 e. The minimum Gasteiger partial charge on any atom is -0.494 e. The van der Waals surface area contributed by atoms with E-state index in [1.165, 1.54) is 5.56 Å². The van der Waals surface area contributed by atoms with Crippen molar-refractivity contribution in [3.05, 3.63) is 65.0 Å². The molecule has 33 heavy (non-hydrogen) atoms. The number of amides is 1. The Balaban J connectivity index is 1.52. The Hall–Kier alpha value is -3.94. The number of benzene rings is 2. The quantitative estimate of drug-likeness (QED) is 0.431. The Kier molecular flexibility index (Phi) is 6.53. The summed E-state index contributed by atoms with van der Waals surface area (Å²) >= 11 is 0. The van der Waals surface area contributed by atoms with Gasteiger partial charge in [-0.3, -0.25) is 4.79 Å². The second-order valence-electron chi connectivity index (χ2n) is 7.69. The number of aryl methyl sites for hydroxylation is 3. The van der Waals surface area contributed by atoms with Gasteiger partial charge in [-0.25, -0.2) is 0 Å². The van der Waals surface area contributed by atoms with Crippen LogP contribution in [-0.2, 0) is 11.3 Å². The number of para-hydroxylation sites is 1. The van der Waals surface area contributed by atoms with Crippen LogP contribution in [-0.4, -0.2) is 34.2 Å². The number of aromatic nitrogens is 3. The van der Waals surface area contributed by atoms with Gasteiger partial charge in [-0.1, -0.05) is 35.5 Å². The van der Waals surface area contributed by atoms with Crippen molar-refractivity contribution < 1.29 is 18.8 Å². The van der Waals surface area contributed by atoms with Gasteiger partial charge >= 0.3 is 0 Å². The zero-order valence-corrected chi connectivity index (χ0v) is 19.1. The van der Waals surface area contributed by atoms with Gasteiger partial charge in [0.05, 0.1) is 6.61 Å². The Labute approximate surface area is 191 Å². The fraction of sp³-hybridized carbons (Fsp3) is 0.280. The second kappa shape index (κ2) is 9.68. The van der Waals surface area contributed by atoms with Gasteiger partial charge in [0.15, 0.2) is 6.61 Å². The highest BCUT2D eigenvalue weighted by Gasteiger charge is 2.20. The molecule has 0 spiro atoms. The van der Waals surface area contributed by atoms with Crippen molar-refractivity contribution in [3.8, 4) is 22.9 Å². The first-order valence-electron chi connectivity index (χ1n) is 10.8. The summed E-state index contributed by atoms with van der Waals surface area (Å²) in [5.41, 5.74) is 4.96. The number of fused-ring (bicyclic) bond motifs is 1. The van der Waals surface area contributed by atoms with E-state index in [2.05, 4.69) is 20.4 Å². The maximum atomic E-state index is 12.5. The molecule has 2 heterocycles. The van der Waals surface area contributed by atoms with E-state index in [9.17, 15) is 4.79 Å². The van der Waals surface area contributed by atoms with E-state index in [0.29, 0.717) is 35.8 Å². The van der Waals surface area contributed by atoms with Crippen molar-refractivity contribution in [1.29, 1.82) is 0 Å². The molecule has 0 aliphatic heterocycles.